The van der Waals surface area contributed by atoms with Crippen molar-refractivity contribution in [3.8, 4) is 89.5 Å². The molecular formula is C79H66FIr4N5-4. The van der Waals surface area contributed by atoms with Gasteiger partial charge in [-0.25, -0.2) is 9.24 Å². The van der Waals surface area contributed by atoms with Gasteiger partial charge < -0.3 is 19.9 Å². The Morgan fingerprint density at radius 3 is 1.20 bits per heavy atom. The van der Waals surface area contributed by atoms with Gasteiger partial charge in [-0.2, -0.15) is 0 Å². The third-order valence-corrected chi connectivity index (χ3v) is 14.1. The van der Waals surface area contributed by atoms with Crippen molar-refractivity contribution in [3.63, 3.8) is 0 Å². The van der Waals surface area contributed by atoms with Gasteiger partial charge in [-0.15, -0.1) is 142 Å². The SMILES string of the molecule is CCCCc1cccc(-c2cc[c-]c(-c3cc(C)ccn3)c2)c1.CCCCc1cccc(-c2cc[c-]c(-c3ccc(C)cn3)c2)c1.Fc1cccc(-c2cc[c-]c(-c3ccccn3)c2)c1.[C-]#[N+]c1cccc(-c2cc[c-]c(-c3ccccn3)c2)c1.[Ir].[Ir].[Ir].[Ir]. The first-order chi connectivity index (χ1) is 41.7. The second kappa shape index (κ2) is 38.0. The Morgan fingerprint density at radius 2 is 0.787 bits per heavy atom. The van der Waals surface area contributed by atoms with Crippen molar-refractivity contribution in [3.05, 3.63) is 319 Å². The molecule has 89 heavy (non-hydrogen) atoms. The molecule has 0 amide bonds. The molecule has 0 unspecified atom stereocenters. The monoisotopic (exact) mass is 1880 g/mol. The molecule has 5 nitrogen and oxygen atoms in total. The van der Waals surface area contributed by atoms with E-state index in [1.165, 1.54) is 82.3 Å². The molecule has 0 N–H and O–H groups in total. The van der Waals surface area contributed by atoms with E-state index in [2.05, 4.69) is 168 Å². The minimum atomic E-state index is -0.232. The summed E-state index contributed by atoms with van der Waals surface area (Å²) < 4.78 is 13.3. The Balaban J connectivity index is 0.000000213. The van der Waals surface area contributed by atoms with Gasteiger partial charge in [0.05, 0.1) is 6.57 Å². The molecule has 0 fully saturated rings. The van der Waals surface area contributed by atoms with Crippen LogP contribution in [0.2, 0.25) is 0 Å². The molecular weight excluding hydrogens is 1810 g/mol. The van der Waals surface area contributed by atoms with Crippen molar-refractivity contribution in [2.75, 3.05) is 0 Å². The molecule has 0 aliphatic heterocycles. The molecule has 0 aliphatic rings. The van der Waals surface area contributed by atoms with Crippen LogP contribution in [0, 0.1) is 50.5 Å². The number of benzene rings is 8. The summed E-state index contributed by atoms with van der Waals surface area (Å²) in [4.78, 5) is 21.1. The minimum Gasteiger partial charge on any atom is -0.305 e. The summed E-state index contributed by atoms with van der Waals surface area (Å²) in [6, 6.07) is 88.9. The van der Waals surface area contributed by atoms with Crippen molar-refractivity contribution in [1.82, 2.24) is 19.9 Å². The van der Waals surface area contributed by atoms with Crippen molar-refractivity contribution < 1.29 is 84.8 Å². The Morgan fingerprint density at radius 1 is 0.371 bits per heavy atom. The second-order valence-corrected chi connectivity index (χ2v) is 20.6. The molecule has 12 rings (SSSR count). The predicted octanol–water partition coefficient (Wildman–Crippen LogP) is 20.8. The van der Waals surface area contributed by atoms with E-state index >= 15 is 0 Å². The first-order valence-electron chi connectivity index (χ1n) is 28.9. The third-order valence-electron chi connectivity index (χ3n) is 14.1. The average Bonchev–Trinajstić information content (AvgIpc) is 2.51. The first kappa shape index (κ1) is 72.1. The summed E-state index contributed by atoms with van der Waals surface area (Å²) in [6.07, 6.45) is 14.5. The fraction of sp³-hybridized carbons (Fsp3) is 0.127. The number of unbranched alkanes of at least 4 members (excludes halogenated alkanes) is 2. The molecule has 454 valence electrons. The van der Waals surface area contributed by atoms with Crippen LogP contribution in [0.5, 0.6) is 0 Å². The van der Waals surface area contributed by atoms with Crippen LogP contribution >= 0.6 is 0 Å². The number of hydrogen-bond acceptors (Lipinski definition) is 4. The summed E-state index contributed by atoms with van der Waals surface area (Å²) in [5.41, 5.74) is 22.4. The fourth-order valence-electron chi connectivity index (χ4n) is 9.53. The smallest absolute Gasteiger partial charge is 0.187 e. The van der Waals surface area contributed by atoms with E-state index in [9.17, 15) is 4.39 Å². The third kappa shape index (κ3) is 21.8. The number of rotatable bonds is 14. The van der Waals surface area contributed by atoms with E-state index in [0.717, 1.165) is 80.1 Å². The largest absolute Gasteiger partial charge is 0.305 e. The molecule has 0 saturated carbocycles. The molecule has 0 atom stereocenters. The van der Waals surface area contributed by atoms with E-state index in [0.29, 0.717) is 5.69 Å². The number of pyridine rings is 4. The van der Waals surface area contributed by atoms with Gasteiger partial charge in [-0.05, 0) is 132 Å². The molecule has 4 aromatic heterocycles. The number of halogens is 1. The topological polar surface area (TPSA) is 55.9 Å². The Hall–Kier alpha value is -7.62. The van der Waals surface area contributed by atoms with Crippen molar-refractivity contribution in [2.45, 2.75) is 66.2 Å². The minimum absolute atomic E-state index is 0. The summed E-state index contributed by atoms with van der Waals surface area (Å²) >= 11 is 0. The van der Waals surface area contributed by atoms with E-state index in [1.54, 1.807) is 18.5 Å². The van der Waals surface area contributed by atoms with E-state index < -0.39 is 0 Å². The average molecular weight is 1870 g/mol. The van der Waals surface area contributed by atoms with Gasteiger partial charge in [0.1, 0.15) is 5.82 Å². The van der Waals surface area contributed by atoms with Crippen LogP contribution in [0.25, 0.3) is 94.4 Å². The van der Waals surface area contributed by atoms with Gasteiger partial charge in [0.2, 0.25) is 0 Å². The quantitative estimate of drug-likeness (QED) is 0.102. The number of aromatic nitrogens is 4. The Kier molecular flexibility index (Phi) is 30.8. The van der Waals surface area contributed by atoms with Crippen LogP contribution in [-0.2, 0) is 93.3 Å². The van der Waals surface area contributed by atoms with Crippen LogP contribution in [0.15, 0.2) is 255 Å². The van der Waals surface area contributed by atoms with Gasteiger partial charge in [-0.1, -0.05) is 160 Å². The standard InChI is InChI=1S/2C22H22N.C18H11N2.C17H11FN.4Ir/c1-3-4-7-18-8-5-9-19(14-18)20-10-6-11-21(15-20)22-13-12-17(2)16-23-22;1-3-4-7-18-8-5-9-19(15-18)20-10-6-11-21(16-20)22-14-17(2)12-13-23-22;1-19-17-9-5-7-15(13-17)14-6-4-8-16(12-14)18-10-2-3-11-20-18;18-16-8-4-6-14(12-16)13-5-3-7-15(11-13)17-9-1-2-10-19-17;;;;/h2*5-6,8-10,12-16H,3-4,7H2,1-2H3;2-7,9-13H;1-6,8-12H;;;;/q4*-1;;;;. The van der Waals surface area contributed by atoms with Crippen molar-refractivity contribution >= 4 is 5.69 Å². The number of nitrogens with zero attached hydrogens (tertiary/aromatic N) is 5. The first-order valence-corrected chi connectivity index (χ1v) is 28.9. The summed E-state index contributed by atoms with van der Waals surface area (Å²) in [5.74, 6) is -0.232. The maximum absolute atomic E-state index is 13.3. The molecule has 4 heterocycles. The molecule has 0 bridgehead atoms. The van der Waals surface area contributed by atoms with Crippen LogP contribution in [0.1, 0.15) is 61.8 Å². The van der Waals surface area contributed by atoms with Crippen LogP contribution in [0.4, 0.5) is 10.1 Å². The van der Waals surface area contributed by atoms with Crippen molar-refractivity contribution in [2.24, 2.45) is 0 Å². The van der Waals surface area contributed by atoms with Gasteiger partial charge in [0.25, 0.3) is 0 Å². The number of aryl methyl sites for hydroxylation is 4. The summed E-state index contributed by atoms with van der Waals surface area (Å²) in [7, 11) is 0. The molecule has 0 aliphatic carbocycles. The second-order valence-electron chi connectivity index (χ2n) is 20.6. The summed E-state index contributed by atoms with van der Waals surface area (Å²) in [5, 5.41) is 0. The van der Waals surface area contributed by atoms with E-state index in [1.807, 2.05) is 134 Å². The zero-order valence-electron chi connectivity index (χ0n) is 49.9. The molecule has 8 aromatic carbocycles. The van der Waals surface area contributed by atoms with E-state index in [-0.39, 0.29) is 86.2 Å². The maximum atomic E-state index is 13.3. The van der Waals surface area contributed by atoms with Crippen LogP contribution in [-0.4, -0.2) is 19.9 Å². The predicted molar refractivity (Wildman–Crippen MR) is 349 cm³/mol. The normalized spacial score (nSPS) is 9.98. The molecule has 0 spiro atoms. The molecule has 10 heteroatoms. The maximum Gasteiger partial charge on any atom is 0.187 e. The molecule has 12 aromatic rings. The van der Waals surface area contributed by atoms with Gasteiger partial charge >= 0.3 is 0 Å². The van der Waals surface area contributed by atoms with Gasteiger partial charge in [0.15, 0.2) is 5.69 Å². The van der Waals surface area contributed by atoms with Crippen LogP contribution in [0.3, 0.4) is 0 Å². The Labute approximate surface area is 580 Å². The van der Waals surface area contributed by atoms with Gasteiger partial charge in [0, 0.05) is 105 Å². The fourth-order valence-corrected chi connectivity index (χ4v) is 9.53. The van der Waals surface area contributed by atoms with Crippen molar-refractivity contribution in [1.29, 1.82) is 0 Å². The number of hydrogen-bond donors (Lipinski definition) is 0. The van der Waals surface area contributed by atoms with Crippen LogP contribution < -0.4 is 0 Å². The summed E-state index contributed by atoms with van der Waals surface area (Å²) in [6.45, 7) is 15.7. The van der Waals surface area contributed by atoms with E-state index in [4.69, 9.17) is 6.57 Å². The molecule has 4 radical (unpaired) electrons. The zero-order chi connectivity index (χ0) is 59.0. The zero-order valence-corrected chi connectivity index (χ0v) is 59.5. The Bertz CT molecular complexity index is 4120. The molecule has 0 saturated heterocycles. The van der Waals surface area contributed by atoms with Gasteiger partial charge in [-0.3, -0.25) is 0 Å².